The lowest BCUT2D eigenvalue weighted by atomic mass is 9.93. The summed E-state index contributed by atoms with van der Waals surface area (Å²) >= 11 is 2.24. The van der Waals surface area contributed by atoms with E-state index < -0.39 is 8.07 Å². The second kappa shape index (κ2) is 10.6. The molecule has 0 aliphatic carbocycles. The molecule has 0 aliphatic heterocycles. The number of hydrogen-bond acceptors (Lipinski definition) is 2. The number of halogens is 1. The van der Waals surface area contributed by atoms with Crippen molar-refractivity contribution in [2.45, 2.75) is 66.2 Å². The van der Waals surface area contributed by atoms with E-state index in [1.807, 2.05) is 13.0 Å². The minimum Gasteiger partial charge on any atom is -0.462 e. The van der Waals surface area contributed by atoms with Gasteiger partial charge in [-0.1, -0.05) is 52.9 Å². The molecule has 0 heterocycles. The van der Waals surface area contributed by atoms with Crippen LogP contribution in [0, 0.1) is 11.8 Å². The minimum atomic E-state index is -1.16. The van der Waals surface area contributed by atoms with E-state index in [1.54, 1.807) is 0 Å². The molecule has 0 rings (SSSR count). The van der Waals surface area contributed by atoms with Crippen molar-refractivity contribution in [2.24, 2.45) is 11.8 Å². The first kappa shape index (κ1) is 21.9. The lowest BCUT2D eigenvalue weighted by molar-refractivity contribution is -0.138. The number of carbonyl (C=O) groups excluding carboxylic acids is 1. The van der Waals surface area contributed by atoms with Gasteiger partial charge in [0, 0.05) is 8.07 Å². The lowest BCUT2D eigenvalue weighted by Crippen LogP contribution is -2.23. The van der Waals surface area contributed by atoms with Crippen LogP contribution in [-0.4, -0.2) is 20.7 Å². The molecule has 0 amide bonds. The summed E-state index contributed by atoms with van der Waals surface area (Å²) in [6, 6.07) is 1.02. The summed E-state index contributed by atoms with van der Waals surface area (Å²) < 4.78 is 6.59. The quantitative estimate of drug-likeness (QED) is 0.141. The van der Waals surface area contributed by atoms with Crippen LogP contribution in [0.4, 0.5) is 0 Å². The van der Waals surface area contributed by atoms with Gasteiger partial charge in [0.1, 0.15) is 0 Å². The van der Waals surface area contributed by atoms with Crippen LogP contribution < -0.4 is 0 Å². The van der Waals surface area contributed by atoms with Crippen LogP contribution in [0.2, 0.25) is 25.7 Å². The molecular weight excluding hydrogens is 403 g/mol. The molecule has 0 aromatic rings. The van der Waals surface area contributed by atoms with Gasteiger partial charge in [-0.25, -0.2) is 4.79 Å². The monoisotopic (exact) mass is 436 g/mol. The van der Waals surface area contributed by atoms with Crippen molar-refractivity contribution < 1.29 is 9.53 Å². The number of ether oxygens (including phenoxy) is 1. The smallest absolute Gasteiger partial charge is 0.337 e. The average Bonchev–Trinajstić information content (AvgIpc) is 2.35. The van der Waals surface area contributed by atoms with Gasteiger partial charge >= 0.3 is 5.97 Å². The van der Waals surface area contributed by atoms with Crippen molar-refractivity contribution in [3.05, 3.63) is 21.3 Å². The highest BCUT2D eigenvalue weighted by Gasteiger charge is 2.16. The molecule has 0 aromatic heterocycles. The molecule has 2 atom stereocenters. The Morgan fingerprint density at radius 1 is 1.27 bits per heavy atom. The maximum atomic E-state index is 12.3. The van der Waals surface area contributed by atoms with Gasteiger partial charge in [0.05, 0.1) is 12.2 Å². The van der Waals surface area contributed by atoms with Crippen LogP contribution in [0.3, 0.4) is 0 Å². The average molecular weight is 436 g/mol. The van der Waals surface area contributed by atoms with Crippen molar-refractivity contribution in [3.8, 4) is 0 Å². The van der Waals surface area contributed by atoms with Crippen LogP contribution in [0.5, 0.6) is 0 Å². The van der Waals surface area contributed by atoms with Crippen molar-refractivity contribution in [1.29, 1.82) is 0 Å². The summed E-state index contributed by atoms with van der Waals surface area (Å²) in [7, 11) is -1.16. The fourth-order valence-electron chi connectivity index (χ4n) is 2.10. The zero-order chi connectivity index (χ0) is 17.3. The molecular formula is C18H33IO2Si. The second-order valence-corrected chi connectivity index (χ2v) is 14.8. The molecule has 0 aliphatic rings. The van der Waals surface area contributed by atoms with Gasteiger partial charge in [-0.2, -0.15) is 0 Å². The molecule has 0 unspecified atom stereocenters. The zero-order valence-electron chi connectivity index (χ0n) is 15.3. The molecule has 4 heteroatoms. The Morgan fingerprint density at radius 2 is 1.86 bits per heavy atom. The molecule has 0 bridgehead atoms. The third-order valence-electron chi connectivity index (χ3n) is 3.61. The first-order chi connectivity index (χ1) is 10.0. The van der Waals surface area contributed by atoms with Gasteiger partial charge < -0.3 is 4.74 Å². The van der Waals surface area contributed by atoms with E-state index in [1.165, 1.54) is 6.42 Å². The summed E-state index contributed by atoms with van der Waals surface area (Å²) in [5, 5.41) is 0. The van der Waals surface area contributed by atoms with Crippen LogP contribution >= 0.6 is 22.6 Å². The second-order valence-electron chi connectivity index (χ2n) is 7.53. The van der Waals surface area contributed by atoms with Crippen molar-refractivity contribution >= 4 is 36.6 Å². The lowest BCUT2D eigenvalue weighted by Gasteiger charge is -2.16. The van der Waals surface area contributed by atoms with Gasteiger partial charge in [0.25, 0.3) is 0 Å². The van der Waals surface area contributed by atoms with Crippen molar-refractivity contribution in [1.82, 2.24) is 0 Å². The largest absolute Gasteiger partial charge is 0.462 e. The van der Waals surface area contributed by atoms with E-state index in [0.29, 0.717) is 24.0 Å². The maximum Gasteiger partial charge on any atom is 0.337 e. The third-order valence-corrected chi connectivity index (χ3v) is 5.63. The summed E-state index contributed by atoms with van der Waals surface area (Å²) in [4.78, 5) is 12.3. The number of hydrogen-bond donors (Lipinski definition) is 0. The Kier molecular flexibility index (Phi) is 10.6. The summed E-state index contributed by atoms with van der Waals surface area (Å²) in [5.41, 5.74) is 0.707. The first-order valence-corrected chi connectivity index (χ1v) is 13.1. The number of allylic oxidation sites excluding steroid dienone is 2. The fourth-order valence-corrected chi connectivity index (χ4v) is 3.15. The maximum absolute atomic E-state index is 12.3. The third kappa shape index (κ3) is 11.5. The van der Waals surface area contributed by atoms with E-state index in [-0.39, 0.29) is 5.97 Å². The predicted molar refractivity (Wildman–Crippen MR) is 108 cm³/mol. The highest BCUT2D eigenvalue weighted by molar-refractivity contribution is 14.1. The topological polar surface area (TPSA) is 26.3 Å². The molecule has 2 nitrogen and oxygen atoms in total. The Labute approximate surface area is 151 Å². The number of esters is 1. The van der Waals surface area contributed by atoms with Gasteiger partial charge in [0.15, 0.2) is 0 Å². The zero-order valence-corrected chi connectivity index (χ0v) is 18.5. The molecule has 0 saturated heterocycles. The standard InChI is InChI=1S/C18H33IO2Si/c1-8-14(2)11-15(3)12-17(13-16(4)19)18(20)21-9-10-22(5,6)7/h12-15H,8-11H2,1-7H3/b16-13-,17-12+/t14-,15-/m0/s1. The molecule has 0 N–H and O–H groups in total. The van der Waals surface area contributed by atoms with E-state index in [0.717, 1.165) is 16.0 Å². The first-order valence-electron chi connectivity index (χ1n) is 8.28. The summed E-state index contributed by atoms with van der Waals surface area (Å²) in [5.74, 6) is 0.895. The van der Waals surface area contributed by atoms with E-state index in [2.05, 4.69) is 69.1 Å². The number of rotatable bonds is 9. The van der Waals surface area contributed by atoms with Gasteiger partial charge in [-0.05, 0) is 63.5 Å². The highest BCUT2D eigenvalue weighted by Crippen LogP contribution is 2.20. The molecule has 0 saturated carbocycles. The minimum absolute atomic E-state index is 0.176. The summed E-state index contributed by atoms with van der Waals surface area (Å²) in [6.45, 7) is 16.1. The van der Waals surface area contributed by atoms with Gasteiger partial charge in [-0.3, -0.25) is 0 Å². The SMILES string of the molecule is CC[C@H](C)C[C@H](C)/C=C(\C=C(\C)I)C(=O)OCC[Si](C)(C)C. The van der Waals surface area contributed by atoms with E-state index in [4.69, 9.17) is 4.74 Å². The highest BCUT2D eigenvalue weighted by atomic mass is 127. The molecule has 0 aromatic carbocycles. The van der Waals surface area contributed by atoms with Crippen LogP contribution in [0.15, 0.2) is 21.3 Å². The molecule has 0 fully saturated rings. The fraction of sp³-hybridized carbons (Fsp3) is 0.722. The normalized spacial score (nSPS) is 16.4. The van der Waals surface area contributed by atoms with Crippen LogP contribution in [0.25, 0.3) is 0 Å². The Balaban J connectivity index is 4.82. The molecule has 128 valence electrons. The van der Waals surface area contributed by atoms with Gasteiger partial charge in [0.2, 0.25) is 0 Å². The van der Waals surface area contributed by atoms with Crippen molar-refractivity contribution in [2.75, 3.05) is 6.61 Å². The van der Waals surface area contributed by atoms with Crippen molar-refractivity contribution in [3.63, 3.8) is 0 Å². The van der Waals surface area contributed by atoms with Crippen LogP contribution in [0.1, 0.15) is 40.5 Å². The predicted octanol–water partition coefficient (Wildman–Crippen LogP) is 6.21. The molecule has 22 heavy (non-hydrogen) atoms. The summed E-state index contributed by atoms with van der Waals surface area (Å²) in [6.07, 6.45) is 6.29. The Hall–Kier alpha value is -0.103. The van der Waals surface area contributed by atoms with Gasteiger partial charge in [-0.15, -0.1) is 0 Å². The van der Waals surface area contributed by atoms with E-state index in [9.17, 15) is 4.79 Å². The van der Waals surface area contributed by atoms with Crippen LogP contribution in [-0.2, 0) is 9.53 Å². The Morgan fingerprint density at radius 3 is 2.32 bits per heavy atom. The molecule has 0 radical (unpaired) electrons. The Bertz CT molecular complexity index is 404. The van der Waals surface area contributed by atoms with E-state index >= 15 is 0 Å². The number of carbonyl (C=O) groups is 1. The molecule has 0 spiro atoms.